The summed E-state index contributed by atoms with van der Waals surface area (Å²) in [5.41, 5.74) is 2.85. The van der Waals surface area contributed by atoms with Crippen LogP contribution < -0.4 is 5.32 Å². The van der Waals surface area contributed by atoms with Gasteiger partial charge in [0.1, 0.15) is 0 Å². The first kappa shape index (κ1) is 17.7. The first-order valence-electron chi connectivity index (χ1n) is 7.52. The predicted octanol–water partition coefficient (Wildman–Crippen LogP) is 4.57. The van der Waals surface area contributed by atoms with Crippen molar-refractivity contribution < 1.29 is 0 Å². The van der Waals surface area contributed by atoms with Crippen molar-refractivity contribution >= 4 is 15.9 Å². The van der Waals surface area contributed by atoms with Crippen molar-refractivity contribution in [1.29, 1.82) is 0 Å². The van der Waals surface area contributed by atoms with E-state index in [4.69, 9.17) is 0 Å². The minimum atomic E-state index is 0.158. The normalized spacial score (nSPS) is 12.2. The fourth-order valence-corrected chi connectivity index (χ4v) is 2.55. The fraction of sp³-hybridized carbons (Fsp3) is 0.647. The topological polar surface area (TPSA) is 15.3 Å². The van der Waals surface area contributed by atoms with Gasteiger partial charge in [-0.05, 0) is 58.0 Å². The number of unbranched alkanes of at least 4 members (excludes halogenated alkanes) is 1. The van der Waals surface area contributed by atoms with E-state index in [2.05, 4.69) is 79.1 Å². The summed E-state index contributed by atoms with van der Waals surface area (Å²) in [6.07, 6.45) is 2.52. The second kappa shape index (κ2) is 8.16. The van der Waals surface area contributed by atoms with Crippen molar-refractivity contribution in [2.75, 3.05) is 13.6 Å². The molecule has 0 fully saturated rings. The number of nitrogens with zero attached hydrogens (tertiary/aromatic N) is 1. The molecule has 20 heavy (non-hydrogen) atoms. The van der Waals surface area contributed by atoms with Crippen LogP contribution in [0.15, 0.2) is 22.7 Å². The first-order valence-corrected chi connectivity index (χ1v) is 8.32. The molecule has 0 heterocycles. The predicted molar refractivity (Wildman–Crippen MR) is 92.0 cm³/mol. The Morgan fingerprint density at radius 2 is 1.95 bits per heavy atom. The van der Waals surface area contributed by atoms with Crippen molar-refractivity contribution in [2.24, 2.45) is 0 Å². The summed E-state index contributed by atoms with van der Waals surface area (Å²) in [4.78, 5) is 2.39. The maximum absolute atomic E-state index is 3.71. The molecule has 0 radical (unpaired) electrons. The van der Waals surface area contributed by atoms with Crippen LogP contribution in [0.3, 0.4) is 0 Å². The molecule has 0 amide bonds. The molecule has 0 aliphatic heterocycles. The van der Waals surface area contributed by atoms with Gasteiger partial charge >= 0.3 is 0 Å². The van der Waals surface area contributed by atoms with Crippen LogP contribution in [-0.4, -0.2) is 24.0 Å². The van der Waals surface area contributed by atoms with E-state index in [1.807, 2.05) is 0 Å². The highest BCUT2D eigenvalue weighted by atomic mass is 79.9. The molecular formula is C17H29BrN2. The summed E-state index contributed by atoms with van der Waals surface area (Å²) in [6.45, 7) is 11.9. The molecule has 0 atom stereocenters. The van der Waals surface area contributed by atoms with Crippen LogP contribution in [0.5, 0.6) is 0 Å². The van der Waals surface area contributed by atoms with Crippen LogP contribution in [0.25, 0.3) is 0 Å². The minimum Gasteiger partial charge on any atom is -0.308 e. The van der Waals surface area contributed by atoms with Gasteiger partial charge in [0.2, 0.25) is 0 Å². The standard InChI is InChI=1S/C17H29BrN2/c1-6-7-10-20(5)13-15-9-8-14(11-16(15)18)12-19-17(2,3)4/h8-9,11,19H,6-7,10,12-13H2,1-5H3. The lowest BCUT2D eigenvalue weighted by atomic mass is 10.1. The second-order valence-corrected chi connectivity index (χ2v) is 7.47. The number of hydrogen-bond donors (Lipinski definition) is 1. The molecule has 1 aromatic rings. The molecule has 0 saturated heterocycles. The third-order valence-corrected chi connectivity index (χ3v) is 4.01. The highest BCUT2D eigenvalue weighted by molar-refractivity contribution is 9.10. The zero-order chi connectivity index (χ0) is 15.2. The quantitative estimate of drug-likeness (QED) is 0.782. The monoisotopic (exact) mass is 340 g/mol. The summed E-state index contributed by atoms with van der Waals surface area (Å²) in [6, 6.07) is 6.71. The summed E-state index contributed by atoms with van der Waals surface area (Å²) >= 11 is 3.71. The third kappa shape index (κ3) is 6.87. The van der Waals surface area contributed by atoms with Gasteiger partial charge in [0.05, 0.1) is 0 Å². The van der Waals surface area contributed by atoms with Crippen molar-refractivity contribution in [1.82, 2.24) is 10.2 Å². The Labute approximate surface area is 133 Å². The molecule has 1 N–H and O–H groups in total. The van der Waals surface area contributed by atoms with Crippen molar-refractivity contribution in [3.05, 3.63) is 33.8 Å². The Kier molecular flexibility index (Phi) is 7.21. The van der Waals surface area contributed by atoms with E-state index in [1.165, 1.54) is 28.4 Å². The van der Waals surface area contributed by atoms with Gasteiger partial charge in [-0.2, -0.15) is 0 Å². The lowest BCUT2D eigenvalue weighted by molar-refractivity contribution is 0.320. The Bertz CT molecular complexity index is 410. The van der Waals surface area contributed by atoms with Crippen molar-refractivity contribution in [3.8, 4) is 0 Å². The molecule has 1 rings (SSSR count). The van der Waals surface area contributed by atoms with Crippen LogP contribution in [0.4, 0.5) is 0 Å². The molecule has 0 aromatic heterocycles. The van der Waals surface area contributed by atoms with Crippen LogP contribution >= 0.6 is 15.9 Å². The smallest absolute Gasteiger partial charge is 0.0241 e. The minimum absolute atomic E-state index is 0.158. The van der Waals surface area contributed by atoms with E-state index in [9.17, 15) is 0 Å². The van der Waals surface area contributed by atoms with E-state index in [0.717, 1.165) is 19.6 Å². The summed E-state index contributed by atoms with van der Waals surface area (Å²) < 4.78 is 1.22. The summed E-state index contributed by atoms with van der Waals surface area (Å²) in [5.74, 6) is 0. The average molecular weight is 341 g/mol. The van der Waals surface area contributed by atoms with Gasteiger partial charge < -0.3 is 10.2 Å². The molecule has 0 spiro atoms. The van der Waals surface area contributed by atoms with Gasteiger partial charge in [-0.1, -0.05) is 41.4 Å². The van der Waals surface area contributed by atoms with E-state index >= 15 is 0 Å². The summed E-state index contributed by atoms with van der Waals surface area (Å²) in [5, 5.41) is 3.52. The molecule has 0 aliphatic carbocycles. The van der Waals surface area contributed by atoms with Gasteiger partial charge in [0.15, 0.2) is 0 Å². The number of halogens is 1. The maximum Gasteiger partial charge on any atom is 0.0241 e. The molecule has 0 bridgehead atoms. The Morgan fingerprint density at radius 3 is 2.50 bits per heavy atom. The molecule has 114 valence electrons. The van der Waals surface area contributed by atoms with Crippen LogP contribution in [-0.2, 0) is 13.1 Å². The van der Waals surface area contributed by atoms with Crippen LogP contribution in [0.2, 0.25) is 0 Å². The molecular weight excluding hydrogens is 312 g/mol. The van der Waals surface area contributed by atoms with E-state index in [0.29, 0.717) is 0 Å². The number of rotatable bonds is 7. The molecule has 0 unspecified atom stereocenters. The zero-order valence-electron chi connectivity index (χ0n) is 13.6. The fourth-order valence-electron chi connectivity index (χ4n) is 1.99. The van der Waals surface area contributed by atoms with Crippen molar-refractivity contribution in [3.63, 3.8) is 0 Å². The molecule has 0 saturated carbocycles. The third-order valence-electron chi connectivity index (χ3n) is 3.27. The first-order chi connectivity index (χ1) is 9.31. The van der Waals surface area contributed by atoms with Gasteiger partial charge in [-0.15, -0.1) is 0 Å². The largest absolute Gasteiger partial charge is 0.308 e. The van der Waals surface area contributed by atoms with Crippen LogP contribution in [0.1, 0.15) is 51.7 Å². The molecule has 1 aromatic carbocycles. The number of hydrogen-bond acceptors (Lipinski definition) is 2. The molecule has 2 nitrogen and oxygen atoms in total. The average Bonchev–Trinajstić information content (AvgIpc) is 2.36. The Hall–Kier alpha value is -0.380. The van der Waals surface area contributed by atoms with E-state index in [-0.39, 0.29) is 5.54 Å². The second-order valence-electron chi connectivity index (χ2n) is 6.62. The Morgan fingerprint density at radius 1 is 1.25 bits per heavy atom. The summed E-state index contributed by atoms with van der Waals surface area (Å²) in [7, 11) is 2.19. The highest BCUT2D eigenvalue weighted by Crippen LogP contribution is 2.20. The van der Waals surface area contributed by atoms with Gasteiger partial charge in [-0.3, -0.25) is 0 Å². The number of nitrogens with one attached hydrogen (secondary N) is 1. The van der Waals surface area contributed by atoms with Crippen LogP contribution in [0, 0.1) is 0 Å². The maximum atomic E-state index is 3.71. The number of benzene rings is 1. The van der Waals surface area contributed by atoms with Gasteiger partial charge in [-0.25, -0.2) is 0 Å². The lowest BCUT2D eigenvalue weighted by Crippen LogP contribution is -2.35. The van der Waals surface area contributed by atoms with Gasteiger partial charge in [0, 0.05) is 23.1 Å². The molecule has 0 aliphatic rings. The SMILES string of the molecule is CCCCN(C)Cc1ccc(CNC(C)(C)C)cc1Br. The van der Waals surface area contributed by atoms with Crippen molar-refractivity contribution in [2.45, 2.75) is 59.2 Å². The zero-order valence-corrected chi connectivity index (χ0v) is 15.2. The highest BCUT2D eigenvalue weighted by Gasteiger charge is 2.09. The van der Waals surface area contributed by atoms with Gasteiger partial charge in [0.25, 0.3) is 0 Å². The van der Waals surface area contributed by atoms with E-state index in [1.54, 1.807) is 0 Å². The van der Waals surface area contributed by atoms with E-state index < -0.39 is 0 Å². The molecule has 3 heteroatoms. The lowest BCUT2D eigenvalue weighted by Gasteiger charge is -2.21. The Balaban J connectivity index is 2.59.